The van der Waals surface area contributed by atoms with Crippen LogP contribution in [0.1, 0.15) is 27.7 Å². The second-order valence-electron chi connectivity index (χ2n) is 5.87. The topological polar surface area (TPSA) is 32.3 Å². The van der Waals surface area contributed by atoms with Gasteiger partial charge in [-0.25, -0.2) is 0 Å². The van der Waals surface area contributed by atoms with Crippen LogP contribution in [0, 0.1) is 0 Å². The van der Waals surface area contributed by atoms with Crippen molar-refractivity contribution in [2.75, 3.05) is 5.32 Å². The van der Waals surface area contributed by atoms with Crippen LogP contribution in [0.25, 0.3) is 10.8 Å². The molecule has 0 spiro atoms. The normalized spacial score (nSPS) is 12.7. The highest BCUT2D eigenvalue weighted by atomic mass is 16.3. The summed E-state index contributed by atoms with van der Waals surface area (Å²) in [6.07, 6.45) is 0. The Hall–Kier alpha value is -1.54. The van der Waals surface area contributed by atoms with Crippen molar-refractivity contribution in [3.63, 3.8) is 0 Å². The molecule has 96 valence electrons. The summed E-state index contributed by atoms with van der Waals surface area (Å²) in [5, 5.41) is 16.0. The van der Waals surface area contributed by atoms with Crippen molar-refractivity contribution in [3.05, 3.63) is 42.5 Å². The lowest BCUT2D eigenvalue weighted by atomic mass is 9.85. The van der Waals surface area contributed by atoms with Crippen LogP contribution in [-0.2, 0) is 0 Å². The summed E-state index contributed by atoms with van der Waals surface area (Å²) < 4.78 is 0. The fraction of sp³-hybridized carbons (Fsp3) is 0.375. The first-order valence-corrected chi connectivity index (χ1v) is 6.29. The summed E-state index contributed by atoms with van der Waals surface area (Å²) in [7, 11) is 0. The monoisotopic (exact) mass is 243 g/mol. The van der Waals surface area contributed by atoms with Crippen molar-refractivity contribution in [3.8, 4) is 0 Å². The van der Waals surface area contributed by atoms with E-state index in [-0.39, 0.29) is 0 Å². The molecular weight excluding hydrogens is 222 g/mol. The van der Waals surface area contributed by atoms with Crippen LogP contribution in [0.4, 0.5) is 5.69 Å². The quantitative estimate of drug-likeness (QED) is 0.859. The maximum atomic E-state index is 10.2. The number of fused-ring (bicyclic) bond motifs is 1. The zero-order chi connectivity index (χ0) is 13.4. The van der Waals surface area contributed by atoms with Gasteiger partial charge in [-0.05, 0) is 50.6 Å². The first-order valence-electron chi connectivity index (χ1n) is 6.29. The Labute approximate surface area is 109 Å². The smallest absolute Gasteiger partial charge is 0.0814 e. The molecule has 2 N–H and O–H groups in total. The third kappa shape index (κ3) is 2.49. The molecule has 0 saturated heterocycles. The summed E-state index contributed by atoms with van der Waals surface area (Å²) in [5.41, 5.74) is -0.158. The molecule has 0 aliphatic heterocycles. The first-order chi connectivity index (χ1) is 8.29. The molecule has 0 heterocycles. The predicted molar refractivity (Wildman–Crippen MR) is 77.9 cm³/mol. The van der Waals surface area contributed by atoms with Crippen molar-refractivity contribution < 1.29 is 5.11 Å². The van der Waals surface area contributed by atoms with E-state index in [4.69, 9.17) is 0 Å². The lowest BCUT2D eigenvalue weighted by molar-refractivity contribution is 0.0240. The van der Waals surface area contributed by atoms with Gasteiger partial charge in [-0.3, -0.25) is 0 Å². The van der Waals surface area contributed by atoms with Gasteiger partial charge in [-0.1, -0.05) is 30.3 Å². The molecule has 0 aliphatic carbocycles. The highest BCUT2D eigenvalue weighted by Crippen LogP contribution is 2.27. The molecule has 0 unspecified atom stereocenters. The Balaban J connectivity index is 2.33. The molecule has 2 aromatic rings. The lowest BCUT2D eigenvalue weighted by Gasteiger charge is -2.39. The van der Waals surface area contributed by atoms with Gasteiger partial charge in [-0.15, -0.1) is 0 Å². The maximum absolute atomic E-state index is 10.2. The average Bonchev–Trinajstić information content (AvgIpc) is 2.27. The zero-order valence-electron chi connectivity index (χ0n) is 11.5. The Morgan fingerprint density at radius 3 is 2.11 bits per heavy atom. The molecule has 2 aromatic carbocycles. The Morgan fingerprint density at radius 1 is 0.889 bits per heavy atom. The molecule has 0 bridgehead atoms. The number of hydrogen-bond acceptors (Lipinski definition) is 2. The lowest BCUT2D eigenvalue weighted by Crippen LogP contribution is -2.51. The molecule has 0 atom stereocenters. The Bertz CT molecular complexity index is 552. The summed E-state index contributed by atoms with van der Waals surface area (Å²) in [4.78, 5) is 0. The van der Waals surface area contributed by atoms with Gasteiger partial charge in [0, 0.05) is 5.69 Å². The molecule has 18 heavy (non-hydrogen) atoms. The predicted octanol–water partition coefficient (Wildman–Crippen LogP) is 3.80. The minimum atomic E-state index is -0.793. The van der Waals surface area contributed by atoms with Crippen LogP contribution >= 0.6 is 0 Å². The number of benzene rings is 2. The van der Waals surface area contributed by atoms with Crippen molar-refractivity contribution >= 4 is 16.5 Å². The number of aliphatic hydroxyl groups is 1. The highest BCUT2D eigenvalue weighted by Gasteiger charge is 2.34. The van der Waals surface area contributed by atoms with E-state index in [2.05, 4.69) is 35.6 Å². The summed E-state index contributed by atoms with van der Waals surface area (Å²) in [6, 6.07) is 14.5. The van der Waals surface area contributed by atoms with Gasteiger partial charge in [0.25, 0.3) is 0 Å². The van der Waals surface area contributed by atoms with Gasteiger partial charge in [0.05, 0.1) is 11.1 Å². The molecule has 2 nitrogen and oxygen atoms in total. The third-order valence-electron chi connectivity index (χ3n) is 3.74. The van der Waals surface area contributed by atoms with Crippen molar-refractivity contribution in [1.29, 1.82) is 0 Å². The van der Waals surface area contributed by atoms with E-state index in [0.29, 0.717) is 0 Å². The molecule has 0 fully saturated rings. The van der Waals surface area contributed by atoms with Gasteiger partial charge in [0.1, 0.15) is 0 Å². The number of hydrogen-bond donors (Lipinski definition) is 2. The van der Waals surface area contributed by atoms with Gasteiger partial charge in [0.2, 0.25) is 0 Å². The van der Waals surface area contributed by atoms with Crippen LogP contribution in [0.2, 0.25) is 0 Å². The summed E-state index contributed by atoms with van der Waals surface area (Å²) in [6.45, 7) is 7.65. The van der Waals surface area contributed by atoms with Crippen molar-refractivity contribution in [2.45, 2.75) is 38.8 Å². The summed E-state index contributed by atoms with van der Waals surface area (Å²) in [5.74, 6) is 0. The fourth-order valence-electron chi connectivity index (χ4n) is 1.78. The molecule has 2 rings (SSSR count). The van der Waals surface area contributed by atoms with E-state index < -0.39 is 11.1 Å². The van der Waals surface area contributed by atoms with Gasteiger partial charge >= 0.3 is 0 Å². The SMILES string of the molecule is CC(C)(O)C(C)(C)Nc1ccc2ccccc2c1. The molecule has 0 amide bonds. The van der Waals surface area contributed by atoms with Gasteiger partial charge in [-0.2, -0.15) is 0 Å². The third-order valence-corrected chi connectivity index (χ3v) is 3.74. The Morgan fingerprint density at radius 2 is 1.50 bits per heavy atom. The van der Waals surface area contributed by atoms with Gasteiger partial charge < -0.3 is 10.4 Å². The first kappa shape index (κ1) is 12.9. The Kier molecular flexibility index (Phi) is 3.07. The second-order valence-corrected chi connectivity index (χ2v) is 5.87. The van der Waals surface area contributed by atoms with Crippen molar-refractivity contribution in [1.82, 2.24) is 0 Å². The zero-order valence-corrected chi connectivity index (χ0v) is 11.5. The number of rotatable bonds is 3. The van der Waals surface area contributed by atoms with E-state index in [0.717, 1.165) is 5.69 Å². The molecule has 2 heteroatoms. The van der Waals surface area contributed by atoms with Gasteiger partial charge in [0.15, 0.2) is 0 Å². The van der Waals surface area contributed by atoms with E-state index in [9.17, 15) is 5.11 Å². The number of nitrogens with one attached hydrogen (secondary N) is 1. The number of anilines is 1. The largest absolute Gasteiger partial charge is 0.388 e. The average molecular weight is 243 g/mol. The van der Waals surface area contributed by atoms with Crippen molar-refractivity contribution in [2.24, 2.45) is 0 Å². The van der Waals surface area contributed by atoms with Crippen LogP contribution in [0.3, 0.4) is 0 Å². The summed E-state index contributed by atoms with van der Waals surface area (Å²) >= 11 is 0. The fourth-order valence-corrected chi connectivity index (χ4v) is 1.78. The van der Waals surface area contributed by atoms with Crippen LogP contribution in [0.15, 0.2) is 42.5 Å². The van der Waals surface area contributed by atoms with E-state index in [1.165, 1.54) is 10.8 Å². The molecule has 0 aliphatic rings. The van der Waals surface area contributed by atoms with Crippen LogP contribution < -0.4 is 5.32 Å². The van der Waals surface area contributed by atoms with Crippen LogP contribution in [0.5, 0.6) is 0 Å². The highest BCUT2D eigenvalue weighted by molar-refractivity contribution is 5.85. The molecule has 0 radical (unpaired) electrons. The minimum Gasteiger partial charge on any atom is -0.388 e. The minimum absolute atomic E-state index is 0.393. The van der Waals surface area contributed by atoms with E-state index in [1.54, 1.807) is 0 Å². The molecule has 0 aromatic heterocycles. The van der Waals surface area contributed by atoms with E-state index in [1.807, 2.05) is 39.8 Å². The molecule has 0 saturated carbocycles. The standard InChI is InChI=1S/C16H21NO/c1-15(2,16(3,4)18)17-14-10-9-12-7-5-6-8-13(12)11-14/h5-11,17-18H,1-4H3. The molecular formula is C16H21NO. The second kappa shape index (κ2) is 4.29. The van der Waals surface area contributed by atoms with Crippen LogP contribution in [-0.4, -0.2) is 16.2 Å². The maximum Gasteiger partial charge on any atom is 0.0814 e. The van der Waals surface area contributed by atoms with E-state index >= 15 is 0 Å².